The quantitative estimate of drug-likeness (QED) is 0.602. The zero-order valence-electron chi connectivity index (χ0n) is 14.2. The molecule has 0 fully saturated rings. The number of halogens is 3. The average molecular weight is 452 g/mol. The molecule has 0 aromatic heterocycles. The lowest BCUT2D eigenvalue weighted by atomic mass is 10.3. The summed E-state index contributed by atoms with van der Waals surface area (Å²) in [6.07, 6.45) is -0.826. The zero-order valence-corrected chi connectivity index (χ0v) is 17.3. The van der Waals surface area contributed by atoms with E-state index in [4.69, 9.17) is 39.5 Å². The number of amides is 1. The molecule has 2 aromatic carbocycles. The van der Waals surface area contributed by atoms with Gasteiger partial charge in [0.25, 0.3) is 5.91 Å². The minimum atomic E-state index is -3.71. The van der Waals surface area contributed by atoms with Crippen molar-refractivity contribution in [3.8, 4) is 5.75 Å². The van der Waals surface area contributed by atoms with Gasteiger partial charge in [0.15, 0.2) is 6.10 Å². The maximum absolute atomic E-state index is 12.1. The number of sulfonamides is 1. The molecule has 27 heavy (non-hydrogen) atoms. The first kappa shape index (κ1) is 21.8. The molecule has 0 saturated carbocycles. The van der Waals surface area contributed by atoms with E-state index in [9.17, 15) is 13.2 Å². The Morgan fingerprint density at radius 1 is 1.07 bits per heavy atom. The summed E-state index contributed by atoms with van der Waals surface area (Å²) in [5.41, 5.74) is 0. The molecule has 1 atom stereocenters. The van der Waals surface area contributed by atoms with E-state index < -0.39 is 22.0 Å². The van der Waals surface area contributed by atoms with Crippen LogP contribution < -0.4 is 14.8 Å². The highest BCUT2D eigenvalue weighted by Crippen LogP contribution is 2.28. The van der Waals surface area contributed by atoms with Gasteiger partial charge in [-0.2, -0.15) is 0 Å². The van der Waals surface area contributed by atoms with E-state index in [2.05, 4.69) is 10.0 Å². The lowest BCUT2D eigenvalue weighted by Gasteiger charge is -2.16. The molecule has 0 heterocycles. The highest BCUT2D eigenvalue weighted by Gasteiger charge is 2.17. The van der Waals surface area contributed by atoms with E-state index in [0.29, 0.717) is 15.8 Å². The zero-order chi connectivity index (χ0) is 20.0. The van der Waals surface area contributed by atoms with Crippen LogP contribution in [0.15, 0.2) is 47.4 Å². The molecule has 146 valence electrons. The first-order chi connectivity index (χ1) is 12.7. The summed E-state index contributed by atoms with van der Waals surface area (Å²) in [4.78, 5) is 12.1. The van der Waals surface area contributed by atoms with Crippen LogP contribution in [0.25, 0.3) is 0 Å². The minimum absolute atomic E-state index is 0.00894. The van der Waals surface area contributed by atoms with Crippen molar-refractivity contribution in [2.75, 3.05) is 13.1 Å². The van der Waals surface area contributed by atoms with E-state index in [1.165, 1.54) is 18.2 Å². The Labute approximate surface area is 172 Å². The van der Waals surface area contributed by atoms with Gasteiger partial charge in [0.2, 0.25) is 10.0 Å². The second-order valence-electron chi connectivity index (χ2n) is 5.48. The predicted molar refractivity (Wildman–Crippen MR) is 106 cm³/mol. The second kappa shape index (κ2) is 9.61. The van der Waals surface area contributed by atoms with Crippen LogP contribution in [0.4, 0.5) is 0 Å². The Morgan fingerprint density at radius 3 is 2.44 bits per heavy atom. The van der Waals surface area contributed by atoms with Crippen molar-refractivity contribution in [2.24, 2.45) is 0 Å². The van der Waals surface area contributed by atoms with E-state index in [1.807, 2.05) is 0 Å². The van der Waals surface area contributed by atoms with E-state index in [1.54, 1.807) is 31.2 Å². The number of ether oxygens (including phenoxy) is 1. The Kier molecular flexibility index (Phi) is 7.76. The Bertz CT molecular complexity index is 922. The van der Waals surface area contributed by atoms with Crippen molar-refractivity contribution in [1.82, 2.24) is 10.0 Å². The molecule has 0 aliphatic heterocycles. The van der Waals surface area contributed by atoms with Crippen LogP contribution in [0.5, 0.6) is 5.75 Å². The van der Waals surface area contributed by atoms with Crippen molar-refractivity contribution < 1.29 is 17.9 Å². The SMILES string of the molecule is CC(Oc1ccc(Cl)cc1Cl)C(=O)NCCNS(=O)(=O)c1cccc(Cl)c1. The van der Waals surface area contributed by atoms with Gasteiger partial charge in [-0.25, -0.2) is 13.1 Å². The number of carbonyl (C=O) groups excluding carboxylic acids is 1. The molecule has 6 nitrogen and oxygen atoms in total. The normalized spacial score (nSPS) is 12.4. The second-order valence-corrected chi connectivity index (χ2v) is 8.53. The first-order valence-electron chi connectivity index (χ1n) is 7.84. The largest absolute Gasteiger partial charge is 0.479 e. The van der Waals surface area contributed by atoms with Crippen LogP contribution in [0.1, 0.15) is 6.92 Å². The molecule has 0 aliphatic carbocycles. The number of rotatable bonds is 8. The van der Waals surface area contributed by atoms with Gasteiger partial charge in [0.05, 0.1) is 9.92 Å². The Morgan fingerprint density at radius 2 is 1.78 bits per heavy atom. The molecule has 1 unspecified atom stereocenters. The number of hydrogen-bond donors (Lipinski definition) is 2. The summed E-state index contributed by atoms with van der Waals surface area (Å²) in [6.45, 7) is 1.64. The van der Waals surface area contributed by atoms with Crippen LogP contribution in [0.3, 0.4) is 0 Å². The fourth-order valence-corrected chi connectivity index (χ4v) is 3.83. The summed E-state index contributed by atoms with van der Waals surface area (Å²) < 4.78 is 32.1. The van der Waals surface area contributed by atoms with Crippen molar-refractivity contribution in [2.45, 2.75) is 17.9 Å². The lowest BCUT2D eigenvalue weighted by Crippen LogP contribution is -2.40. The summed E-state index contributed by atoms with van der Waals surface area (Å²) in [5, 5.41) is 3.64. The predicted octanol–water partition coefficient (Wildman–Crippen LogP) is 3.51. The summed E-state index contributed by atoms with van der Waals surface area (Å²) in [6, 6.07) is 10.6. The third kappa shape index (κ3) is 6.55. The van der Waals surface area contributed by atoms with Gasteiger partial charge in [-0.3, -0.25) is 4.79 Å². The molecule has 2 aromatic rings. The van der Waals surface area contributed by atoms with Crippen molar-refractivity contribution >= 4 is 50.7 Å². The average Bonchev–Trinajstić information content (AvgIpc) is 2.61. The highest BCUT2D eigenvalue weighted by atomic mass is 35.5. The fourth-order valence-electron chi connectivity index (χ4n) is 2.05. The fraction of sp³-hybridized carbons (Fsp3) is 0.235. The lowest BCUT2D eigenvalue weighted by molar-refractivity contribution is -0.127. The number of carbonyl (C=O) groups is 1. The van der Waals surface area contributed by atoms with Crippen LogP contribution in [-0.4, -0.2) is 33.5 Å². The molecular weight excluding hydrogens is 435 g/mol. The molecule has 10 heteroatoms. The van der Waals surface area contributed by atoms with Crippen LogP contribution in [-0.2, 0) is 14.8 Å². The molecule has 2 N–H and O–H groups in total. The van der Waals surface area contributed by atoms with Gasteiger partial charge in [-0.05, 0) is 43.3 Å². The van der Waals surface area contributed by atoms with Crippen LogP contribution >= 0.6 is 34.8 Å². The molecule has 0 spiro atoms. The minimum Gasteiger partial charge on any atom is -0.479 e. The summed E-state index contributed by atoms with van der Waals surface area (Å²) in [5.74, 6) is -0.0895. The van der Waals surface area contributed by atoms with E-state index >= 15 is 0 Å². The molecule has 0 aliphatic rings. The molecule has 0 radical (unpaired) electrons. The van der Waals surface area contributed by atoms with E-state index in [0.717, 1.165) is 0 Å². The Balaban J connectivity index is 1.81. The summed E-state index contributed by atoms with van der Waals surface area (Å²) in [7, 11) is -3.71. The standard InChI is InChI=1S/C17H17Cl3N2O4S/c1-11(26-16-6-5-13(19)10-15(16)20)17(23)21-7-8-22-27(24,25)14-4-2-3-12(18)9-14/h2-6,9-11,22H,7-8H2,1H3,(H,21,23). The topological polar surface area (TPSA) is 84.5 Å². The van der Waals surface area contributed by atoms with Gasteiger partial charge in [-0.15, -0.1) is 0 Å². The van der Waals surface area contributed by atoms with Gasteiger partial charge < -0.3 is 10.1 Å². The monoisotopic (exact) mass is 450 g/mol. The number of benzene rings is 2. The smallest absolute Gasteiger partial charge is 0.260 e. The number of hydrogen-bond acceptors (Lipinski definition) is 4. The number of nitrogens with one attached hydrogen (secondary N) is 2. The van der Waals surface area contributed by atoms with Crippen LogP contribution in [0, 0.1) is 0 Å². The maximum Gasteiger partial charge on any atom is 0.260 e. The van der Waals surface area contributed by atoms with Crippen molar-refractivity contribution in [3.05, 3.63) is 57.5 Å². The van der Waals surface area contributed by atoms with Gasteiger partial charge in [0, 0.05) is 23.1 Å². The van der Waals surface area contributed by atoms with Crippen molar-refractivity contribution in [3.63, 3.8) is 0 Å². The maximum atomic E-state index is 12.1. The molecular formula is C17H17Cl3N2O4S. The highest BCUT2D eigenvalue weighted by molar-refractivity contribution is 7.89. The third-order valence-corrected chi connectivity index (χ3v) is 5.61. The first-order valence-corrected chi connectivity index (χ1v) is 10.5. The molecule has 2 rings (SSSR count). The molecule has 0 bridgehead atoms. The Hall–Kier alpha value is -1.51. The molecule has 0 saturated heterocycles. The van der Waals surface area contributed by atoms with Gasteiger partial charge in [-0.1, -0.05) is 40.9 Å². The third-order valence-electron chi connectivity index (χ3n) is 3.39. The summed E-state index contributed by atoms with van der Waals surface area (Å²) >= 11 is 17.6. The molecule has 1 amide bonds. The van der Waals surface area contributed by atoms with Crippen molar-refractivity contribution in [1.29, 1.82) is 0 Å². The van der Waals surface area contributed by atoms with E-state index in [-0.39, 0.29) is 23.0 Å². The van der Waals surface area contributed by atoms with Gasteiger partial charge >= 0.3 is 0 Å². The van der Waals surface area contributed by atoms with Crippen LogP contribution in [0.2, 0.25) is 15.1 Å². The van der Waals surface area contributed by atoms with Gasteiger partial charge in [0.1, 0.15) is 5.75 Å².